The average Bonchev–Trinajstić information content (AvgIpc) is 2.88. The molecule has 0 saturated carbocycles. The second-order valence-electron chi connectivity index (χ2n) is 6.00. The minimum absolute atomic E-state index is 0.173. The fourth-order valence-electron chi connectivity index (χ4n) is 2.90. The van der Waals surface area contributed by atoms with E-state index in [-0.39, 0.29) is 25.9 Å². The van der Waals surface area contributed by atoms with Gasteiger partial charge in [0.25, 0.3) is 0 Å². The first-order chi connectivity index (χ1) is 11.8. The Morgan fingerprint density at radius 2 is 2.00 bits per heavy atom. The number of rotatable bonds is 6. The molecule has 1 aromatic carbocycles. The van der Waals surface area contributed by atoms with Crippen LogP contribution >= 0.6 is 0 Å². The van der Waals surface area contributed by atoms with E-state index in [1.165, 1.54) is 0 Å². The Labute approximate surface area is 143 Å². The standard InChI is InChI=1S/C17H20F3NO4/c1-2-6-13(22)14(17(18,19)20)15(23)21-12(10-25-16(21)24)9-11-7-4-3-5-8-11/h3-5,7-8,12-14,22H,2,6,9-10H2,1H3/t12-,13?,14?/m0/s1. The largest absolute Gasteiger partial charge is 0.447 e. The van der Waals surface area contributed by atoms with E-state index in [4.69, 9.17) is 4.74 Å². The predicted octanol–water partition coefficient (Wildman–Crippen LogP) is 2.92. The van der Waals surface area contributed by atoms with Gasteiger partial charge in [-0.25, -0.2) is 9.69 Å². The van der Waals surface area contributed by atoms with E-state index >= 15 is 0 Å². The zero-order valence-electron chi connectivity index (χ0n) is 13.7. The fraction of sp³-hybridized carbons (Fsp3) is 0.529. The Hall–Kier alpha value is -2.09. The molecule has 8 heteroatoms. The molecular formula is C17H20F3NO4. The Bertz CT molecular complexity index is 606. The molecule has 5 nitrogen and oxygen atoms in total. The highest BCUT2D eigenvalue weighted by Gasteiger charge is 2.54. The third-order valence-corrected chi connectivity index (χ3v) is 4.10. The molecule has 1 aromatic rings. The van der Waals surface area contributed by atoms with E-state index in [9.17, 15) is 27.9 Å². The van der Waals surface area contributed by atoms with Crippen molar-refractivity contribution in [1.29, 1.82) is 0 Å². The lowest BCUT2D eigenvalue weighted by atomic mass is 9.95. The topological polar surface area (TPSA) is 66.8 Å². The summed E-state index contributed by atoms with van der Waals surface area (Å²) < 4.78 is 44.7. The molecule has 0 radical (unpaired) electrons. The first kappa shape index (κ1) is 19.2. The number of nitrogens with zero attached hydrogens (tertiary/aromatic N) is 1. The molecular weight excluding hydrogens is 339 g/mol. The quantitative estimate of drug-likeness (QED) is 0.848. The van der Waals surface area contributed by atoms with Crippen LogP contribution < -0.4 is 0 Å². The summed E-state index contributed by atoms with van der Waals surface area (Å²) in [5.41, 5.74) is 0.765. The molecule has 138 valence electrons. The molecule has 0 aliphatic carbocycles. The van der Waals surface area contributed by atoms with Crippen LogP contribution in [0.5, 0.6) is 0 Å². The highest BCUT2D eigenvalue weighted by atomic mass is 19.4. The van der Waals surface area contributed by atoms with Gasteiger partial charge in [0.2, 0.25) is 5.91 Å². The van der Waals surface area contributed by atoms with E-state index < -0.39 is 36.2 Å². The number of imide groups is 1. The summed E-state index contributed by atoms with van der Waals surface area (Å²) in [7, 11) is 0. The molecule has 1 aliphatic heterocycles. The summed E-state index contributed by atoms with van der Waals surface area (Å²) in [5, 5.41) is 9.82. The Balaban J connectivity index is 2.24. The van der Waals surface area contributed by atoms with Crippen molar-refractivity contribution in [2.24, 2.45) is 5.92 Å². The van der Waals surface area contributed by atoms with Crippen LogP contribution in [-0.2, 0) is 16.0 Å². The van der Waals surface area contributed by atoms with Gasteiger partial charge in [0, 0.05) is 0 Å². The zero-order valence-corrected chi connectivity index (χ0v) is 13.7. The maximum absolute atomic E-state index is 13.3. The molecule has 1 saturated heterocycles. The lowest BCUT2D eigenvalue weighted by molar-refractivity contribution is -0.206. The van der Waals surface area contributed by atoms with Crippen LogP contribution in [0.1, 0.15) is 25.3 Å². The highest BCUT2D eigenvalue weighted by molar-refractivity contribution is 5.95. The number of amides is 2. The maximum Gasteiger partial charge on any atom is 0.417 e. The van der Waals surface area contributed by atoms with Crippen molar-refractivity contribution in [3.05, 3.63) is 35.9 Å². The Morgan fingerprint density at radius 1 is 1.36 bits per heavy atom. The first-order valence-electron chi connectivity index (χ1n) is 8.04. The van der Waals surface area contributed by atoms with Crippen LogP contribution in [0.25, 0.3) is 0 Å². The number of cyclic esters (lactones) is 1. The number of halogens is 3. The van der Waals surface area contributed by atoms with Crippen molar-refractivity contribution in [2.45, 2.75) is 44.5 Å². The Kier molecular flexibility index (Phi) is 6.05. The van der Waals surface area contributed by atoms with Gasteiger partial charge in [-0.1, -0.05) is 43.7 Å². The molecule has 2 rings (SSSR count). The van der Waals surface area contributed by atoms with Gasteiger partial charge < -0.3 is 9.84 Å². The van der Waals surface area contributed by atoms with Crippen LogP contribution in [0.2, 0.25) is 0 Å². The molecule has 0 spiro atoms. The summed E-state index contributed by atoms with van der Waals surface area (Å²) in [6.45, 7) is 1.43. The lowest BCUT2D eigenvalue weighted by Crippen LogP contribution is -2.51. The van der Waals surface area contributed by atoms with Gasteiger partial charge in [0.05, 0.1) is 12.1 Å². The van der Waals surface area contributed by atoms with E-state index in [1.807, 2.05) is 0 Å². The zero-order chi connectivity index (χ0) is 18.6. The minimum Gasteiger partial charge on any atom is -0.447 e. The van der Waals surface area contributed by atoms with Crippen LogP contribution in [0.4, 0.5) is 18.0 Å². The molecule has 0 bridgehead atoms. The number of hydrogen-bond donors (Lipinski definition) is 1. The van der Waals surface area contributed by atoms with Crippen LogP contribution in [0.3, 0.4) is 0 Å². The number of ether oxygens (including phenoxy) is 1. The minimum atomic E-state index is -4.95. The summed E-state index contributed by atoms with van der Waals surface area (Å²) in [4.78, 5) is 24.8. The summed E-state index contributed by atoms with van der Waals surface area (Å²) >= 11 is 0. The van der Waals surface area contributed by atoms with Crippen molar-refractivity contribution in [1.82, 2.24) is 4.90 Å². The van der Waals surface area contributed by atoms with Crippen molar-refractivity contribution in [3.63, 3.8) is 0 Å². The normalized spacial score (nSPS) is 20.3. The average molecular weight is 359 g/mol. The van der Waals surface area contributed by atoms with Crippen molar-refractivity contribution >= 4 is 12.0 Å². The lowest BCUT2D eigenvalue weighted by Gasteiger charge is -2.29. The number of alkyl halides is 3. The second kappa shape index (κ2) is 7.86. The number of benzene rings is 1. The third-order valence-electron chi connectivity index (χ3n) is 4.10. The fourth-order valence-corrected chi connectivity index (χ4v) is 2.90. The summed E-state index contributed by atoms with van der Waals surface area (Å²) in [6, 6.07) is 7.95. The van der Waals surface area contributed by atoms with Gasteiger partial charge in [-0.05, 0) is 18.4 Å². The maximum atomic E-state index is 13.3. The van der Waals surface area contributed by atoms with Gasteiger partial charge in [0.15, 0.2) is 5.92 Å². The summed E-state index contributed by atoms with van der Waals surface area (Å²) in [6.07, 6.45) is -7.69. The SMILES string of the molecule is CCCC(O)C(C(=O)N1C(=O)OC[C@@H]1Cc1ccccc1)C(F)(F)F. The second-order valence-corrected chi connectivity index (χ2v) is 6.00. The predicted molar refractivity (Wildman–Crippen MR) is 82.6 cm³/mol. The number of carbonyl (C=O) groups is 2. The Morgan fingerprint density at radius 3 is 2.56 bits per heavy atom. The number of aliphatic hydroxyl groups excluding tert-OH is 1. The molecule has 1 heterocycles. The van der Waals surface area contributed by atoms with Crippen molar-refractivity contribution < 1.29 is 32.6 Å². The molecule has 1 aliphatic rings. The van der Waals surface area contributed by atoms with E-state index in [1.54, 1.807) is 37.3 Å². The monoisotopic (exact) mass is 359 g/mol. The molecule has 0 aromatic heterocycles. The molecule has 3 atom stereocenters. The number of hydrogen-bond acceptors (Lipinski definition) is 4. The summed E-state index contributed by atoms with van der Waals surface area (Å²) in [5.74, 6) is -4.10. The van der Waals surface area contributed by atoms with E-state index in [2.05, 4.69) is 0 Å². The van der Waals surface area contributed by atoms with Crippen LogP contribution in [0.15, 0.2) is 30.3 Å². The molecule has 2 amide bonds. The third kappa shape index (κ3) is 4.50. The van der Waals surface area contributed by atoms with Gasteiger partial charge in [0.1, 0.15) is 6.61 Å². The number of carbonyl (C=O) groups excluding carboxylic acids is 2. The molecule has 25 heavy (non-hydrogen) atoms. The molecule has 1 N–H and O–H groups in total. The van der Waals surface area contributed by atoms with Gasteiger partial charge in [-0.15, -0.1) is 0 Å². The van der Waals surface area contributed by atoms with Crippen LogP contribution in [-0.4, -0.2) is 46.9 Å². The smallest absolute Gasteiger partial charge is 0.417 e. The van der Waals surface area contributed by atoms with E-state index in [0.717, 1.165) is 5.56 Å². The van der Waals surface area contributed by atoms with Gasteiger partial charge >= 0.3 is 12.3 Å². The highest BCUT2D eigenvalue weighted by Crippen LogP contribution is 2.34. The van der Waals surface area contributed by atoms with Gasteiger partial charge in [-0.3, -0.25) is 4.79 Å². The first-order valence-corrected chi connectivity index (χ1v) is 8.04. The molecule has 2 unspecified atom stereocenters. The van der Waals surface area contributed by atoms with Gasteiger partial charge in [-0.2, -0.15) is 13.2 Å². The van der Waals surface area contributed by atoms with E-state index in [0.29, 0.717) is 4.90 Å². The number of aliphatic hydroxyl groups is 1. The molecule has 1 fully saturated rings. The van der Waals surface area contributed by atoms with Crippen molar-refractivity contribution in [2.75, 3.05) is 6.61 Å². The van der Waals surface area contributed by atoms with Crippen molar-refractivity contribution in [3.8, 4) is 0 Å². The van der Waals surface area contributed by atoms with Crippen LogP contribution in [0, 0.1) is 5.92 Å².